The van der Waals surface area contributed by atoms with Gasteiger partial charge < -0.3 is 30.5 Å². The van der Waals surface area contributed by atoms with Crippen molar-refractivity contribution in [3.63, 3.8) is 0 Å². The minimum Gasteiger partial charge on any atom is -0.508 e. The van der Waals surface area contributed by atoms with E-state index in [0.717, 1.165) is 16.7 Å². The van der Waals surface area contributed by atoms with E-state index in [1.807, 2.05) is 12.1 Å². The number of amides is 2. The maximum Gasteiger partial charge on any atom is 0.412 e. The largest absolute Gasteiger partial charge is 0.508 e. The lowest BCUT2D eigenvalue weighted by Crippen LogP contribution is -2.29. The number of hydrogen-bond donors (Lipinski definition) is 4. The molecule has 0 spiro atoms. The smallest absolute Gasteiger partial charge is 0.412 e. The number of rotatable bonds is 5. The van der Waals surface area contributed by atoms with Crippen LogP contribution in [0.3, 0.4) is 0 Å². The third-order valence-electron chi connectivity index (χ3n) is 4.93. The maximum atomic E-state index is 12.1. The third-order valence-corrected chi connectivity index (χ3v) is 5.33. The molecular weight excluding hydrogens is 422 g/mol. The van der Waals surface area contributed by atoms with Crippen LogP contribution in [-0.4, -0.2) is 43.5 Å². The molecule has 0 aliphatic carbocycles. The quantitative estimate of drug-likeness (QED) is 0.558. The molecule has 31 heavy (non-hydrogen) atoms. The highest BCUT2D eigenvalue weighted by Crippen LogP contribution is 2.44. The second-order valence-corrected chi connectivity index (χ2v) is 7.40. The lowest BCUT2D eigenvalue weighted by molar-refractivity contribution is 0.190. The first-order chi connectivity index (χ1) is 14.9. The van der Waals surface area contributed by atoms with Crippen molar-refractivity contribution >= 4 is 23.8 Å². The number of phenols is 1. The van der Waals surface area contributed by atoms with E-state index in [1.165, 1.54) is 0 Å². The van der Waals surface area contributed by atoms with Crippen molar-refractivity contribution < 1.29 is 24.2 Å². The molecule has 9 heteroatoms. The predicted molar refractivity (Wildman–Crippen MR) is 117 cm³/mol. The Bertz CT molecular complexity index is 949. The number of phenolic OH excluding ortho intramolecular Hbond substituents is 1. The zero-order valence-corrected chi connectivity index (χ0v) is 18.2. The number of fused-ring (bicyclic) bond motifs is 1. The van der Waals surface area contributed by atoms with Gasteiger partial charge in [-0.1, -0.05) is 23.7 Å². The van der Waals surface area contributed by atoms with Crippen molar-refractivity contribution in [1.29, 1.82) is 0 Å². The summed E-state index contributed by atoms with van der Waals surface area (Å²) >= 11 is 6.70. The van der Waals surface area contributed by atoms with Gasteiger partial charge in [-0.25, -0.2) is 9.59 Å². The Kier molecular flexibility index (Phi) is 7.59. The first-order valence-corrected chi connectivity index (χ1v) is 10.6. The van der Waals surface area contributed by atoms with Gasteiger partial charge >= 0.3 is 12.2 Å². The van der Waals surface area contributed by atoms with Gasteiger partial charge in [-0.2, -0.15) is 0 Å². The number of carbonyl (C=O) groups is 2. The highest BCUT2D eigenvalue weighted by Gasteiger charge is 2.28. The van der Waals surface area contributed by atoms with Crippen LogP contribution >= 0.6 is 11.6 Å². The minimum absolute atomic E-state index is 0.00368. The number of benzene rings is 2. The van der Waals surface area contributed by atoms with Crippen molar-refractivity contribution in [2.75, 3.05) is 26.2 Å². The Hall–Kier alpha value is -2.97. The molecule has 0 fully saturated rings. The molecule has 0 unspecified atom stereocenters. The van der Waals surface area contributed by atoms with Crippen LogP contribution in [-0.2, 0) is 6.42 Å². The molecule has 1 aliphatic heterocycles. The Morgan fingerprint density at radius 1 is 1.13 bits per heavy atom. The molecule has 3 rings (SSSR count). The van der Waals surface area contributed by atoms with E-state index in [1.54, 1.807) is 32.0 Å². The molecule has 1 atom stereocenters. The molecule has 0 saturated heterocycles. The van der Waals surface area contributed by atoms with Crippen molar-refractivity contribution in [3.05, 3.63) is 52.0 Å². The van der Waals surface area contributed by atoms with Crippen LogP contribution in [0.25, 0.3) is 0 Å². The number of hydrogen-bond acceptors (Lipinski definition) is 6. The number of nitrogens with one attached hydrogen (secondary N) is 3. The highest BCUT2D eigenvalue weighted by molar-refractivity contribution is 6.33. The van der Waals surface area contributed by atoms with Crippen LogP contribution in [0.5, 0.6) is 17.2 Å². The van der Waals surface area contributed by atoms with Crippen LogP contribution in [0.1, 0.15) is 36.5 Å². The zero-order valence-electron chi connectivity index (χ0n) is 17.5. The van der Waals surface area contributed by atoms with E-state index in [2.05, 4.69) is 16.0 Å². The van der Waals surface area contributed by atoms with Crippen LogP contribution in [0.4, 0.5) is 9.59 Å². The molecular formula is C22H26ClN3O5. The second-order valence-electron chi connectivity index (χ2n) is 7.02. The SMILES string of the molecule is CCNC(=O)Oc1cc2c(c(Cl)c1OC(=O)NCC)CCNC[C@@H]2c1ccc(O)cc1. The third kappa shape index (κ3) is 5.39. The van der Waals surface area contributed by atoms with Gasteiger partial charge in [0.05, 0.1) is 5.02 Å². The van der Waals surface area contributed by atoms with Crippen LogP contribution in [0.15, 0.2) is 30.3 Å². The molecule has 1 aliphatic rings. The lowest BCUT2D eigenvalue weighted by Gasteiger charge is -2.22. The van der Waals surface area contributed by atoms with Gasteiger partial charge in [0, 0.05) is 25.6 Å². The summed E-state index contributed by atoms with van der Waals surface area (Å²) in [6, 6.07) is 8.64. The fourth-order valence-corrected chi connectivity index (χ4v) is 3.86. The summed E-state index contributed by atoms with van der Waals surface area (Å²) in [5.74, 6) is 0.135. The Labute approximate surface area is 185 Å². The molecule has 2 aromatic carbocycles. The standard InChI is InChI=1S/C22H26ClN3O5/c1-3-25-21(28)30-18-11-16-15(19(23)20(18)31-22(29)26-4-2)9-10-24-12-17(16)13-5-7-14(27)8-6-13/h5-8,11,17,24,27H,3-4,9-10,12H2,1-2H3,(H,25,28)(H,26,29)/t17-/m1/s1. The van der Waals surface area contributed by atoms with Crippen LogP contribution < -0.4 is 25.4 Å². The number of halogens is 1. The average molecular weight is 448 g/mol. The fraction of sp³-hybridized carbons (Fsp3) is 0.364. The second kappa shape index (κ2) is 10.4. The topological polar surface area (TPSA) is 109 Å². The summed E-state index contributed by atoms with van der Waals surface area (Å²) in [4.78, 5) is 24.2. The monoisotopic (exact) mass is 447 g/mol. The predicted octanol–water partition coefficient (Wildman–Crippen LogP) is 3.54. The van der Waals surface area contributed by atoms with Crippen LogP contribution in [0, 0.1) is 0 Å². The maximum absolute atomic E-state index is 12.1. The molecule has 0 aromatic heterocycles. The summed E-state index contributed by atoms with van der Waals surface area (Å²) in [5.41, 5.74) is 2.64. The average Bonchev–Trinajstić information content (AvgIpc) is 2.94. The van der Waals surface area contributed by atoms with Crippen molar-refractivity contribution in [2.45, 2.75) is 26.2 Å². The summed E-state index contributed by atoms with van der Waals surface area (Å²) in [6.07, 6.45) is -0.755. The number of aromatic hydroxyl groups is 1. The summed E-state index contributed by atoms with van der Waals surface area (Å²) in [6.45, 7) is 5.60. The fourth-order valence-electron chi connectivity index (χ4n) is 3.53. The first kappa shape index (κ1) is 22.7. The molecule has 8 nitrogen and oxygen atoms in total. The van der Waals surface area contributed by atoms with E-state index in [9.17, 15) is 14.7 Å². The Morgan fingerprint density at radius 2 is 1.77 bits per heavy atom. The van der Waals surface area contributed by atoms with E-state index in [0.29, 0.717) is 32.6 Å². The molecule has 0 bridgehead atoms. The van der Waals surface area contributed by atoms with Crippen LogP contribution in [0.2, 0.25) is 5.02 Å². The Balaban J connectivity index is 2.11. The summed E-state index contributed by atoms with van der Waals surface area (Å²) in [7, 11) is 0. The molecule has 166 valence electrons. The van der Waals surface area contributed by atoms with Crippen molar-refractivity contribution in [3.8, 4) is 17.2 Å². The highest BCUT2D eigenvalue weighted by atomic mass is 35.5. The molecule has 0 radical (unpaired) electrons. The van der Waals surface area contributed by atoms with Gasteiger partial charge in [0.1, 0.15) is 5.75 Å². The van der Waals surface area contributed by atoms with Gasteiger partial charge in [-0.05, 0) is 61.7 Å². The molecule has 4 N–H and O–H groups in total. The first-order valence-electron chi connectivity index (χ1n) is 10.2. The van der Waals surface area contributed by atoms with Gasteiger partial charge in [0.25, 0.3) is 0 Å². The zero-order chi connectivity index (χ0) is 22.4. The number of carbonyl (C=O) groups excluding carboxylic acids is 2. The summed E-state index contributed by atoms with van der Waals surface area (Å²) in [5, 5.41) is 18.4. The van der Waals surface area contributed by atoms with Crippen molar-refractivity contribution in [1.82, 2.24) is 16.0 Å². The molecule has 0 saturated carbocycles. The molecule has 1 heterocycles. The van der Waals surface area contributed by atoms with Gasteiger partial charge in [0.2, 0.25) is 0 Å². The van der Waals surface area contributed by atoms with E-state index in [4.69, 9.17) is 21.1 Å². The summed E-state index contributed by atoms with van der Waals surface area (Å²) < 4.78 is 10.9. The minimum atomic E-state index is -0.688. The normalized spacial score (nSPS) is 15.4. The molecule has 2 amide bonds. The lowest BCUT2D eigenvalue weighted by atomic mass is 9.87. The van der Waals surface area contributed by atoms with Gasteiger partial charge in [-0.15, -0.1) is 0 Å². The van der Waals surface area contributed by atoms with Gasteiger partial charge in [0.15, 0.2) is 11.5 Å². The van der Waals surface area contributed by atoms with E-state index < -0.39 is 12.2 Å². The van der Waals surface area contributed by atoms with E-state index in [-0.39, 0.29) is 28.2 Å². The van der Waals surface area contributed by atoms with E-state index >= 15 is 0 Å². The Morgan fingerprint density at radius 3 is 2.42 bits per heavy atom. The van der Waals surface area contributed by atoms with Crippen molar-refractivity contribution in [2.24, 2.45) is 0 Å². The number of ether oxygens (including phenoxy) is 2. The molecule has 2 aromatic rings. The van der Waals surface area contributed by atoms with Gasteiger partial charge in [-0.3, -0.25) is 0 Å².